The second-order valence-electron chi connectivity index (χ2n) is 4.09. The number of aromatic nitrogens is 3. The Morgan fingerprint density at radius 3 is 2.90 bits per heavy atom. The maximum absolute atomic E-state index is 5.67. The highest BCUT2D eigenvalue weighted by molar-refractivity contribution is 5.47. The summed E-state index contributed by atoms with van der Waals surface area (Å²) in [5.41, 5.74) is 6.97. The first-order valence-electron chi connectivity index (χ1n) is 6.03. The van der Waals surface area contributed by atoms with Crippen molar-refractivity contribution in [2.45, 2.75) is 6.61 Å². The van der Waals surface area contributed by atoms with E-state index >= 15 is 0 Å². The van der Waals surface area contributed by atoms with E-state index in [0.717, 1.165) is 0 Å². The van der Waals surface area contributed by atoms with Gasteiger partial charge in [-0.2, -0.15) is 4.98 Å². The number of anilines is 1. The van der Waals surface area contributed by atoms with Gasteiger partial charge >= 0.3 is 0 Å². The molecule has 0 spiro atoms. The zero-order chi connectivity index (χ0) is 13.8. The van der Waals surface area contributed by atoms with Crippen molar-refractivity contribution in [1.29, 1.82) is 0 Å². The number of hydrogen-bond donors (Lipinski definition) is 1. The molecule has 0 saturated carbocycles. The number of pyridine rings is 1. The van der Waals surface area contributed by atoms with Gasteiger partial charge in [-0.15, -0.1) is 0 Å². The first-order chi connectivity index (χ1) is 9.81. The first-order valence-corrected chi connectivity index (χ1v) is 6.03. The van der Waals surface area contributed by atoms with E-state index in [-0.39, 0.29) is 6.61 Å². The molecule has 0 aliphatic rings. The molecule has 0 aliphatic carbocycles. The summed E-state index contributed by atoms with van der Waals surface area (Å²) >= 11 is 0. The summed E-state index contributed by atoms with van der Waals surface area (Å²) in [4.78, 5) is 8.37. The molecule has 0 saturated heterocycles. The van der Waals surface area contributed by atoms with Crippen LogP contribution < -0.4 is 10.5 Å². The molecule has 0 bridgehead atoms. The van der Waals surface area contributed by atoms with Gasteiger partial charge in [-0.3, -0.25) is 4.98 Å². The van der Waals surface area contributed by atoms with E-state index in [0.29, 0.717) is 28.8 Å². The van der Waals surface area contributed by atoms with Crippen molar-refractivity contribution in [3.8, 4) is 17.3 Å². The largest absolute Gasteiger partial charge is 0.484 e. The molecular weight excluding hydrogens is 256 g/mol. The highest BCUT2D eigenvalue weighted by atomic mass is 16.5. The number of nitrogens with two attached hydrogens (primary N) is 1. The predicted molar refractivity (Wildman–Crippen MR) is 72.7 cm³/mol. The van der Waals surface area contributed by atoms with Gasteiger partial charge in [0.2, 0.25) is 5.82 Å². The van der Waals surface area contributed by atoms with Gasteiger partial charge in [0.15, 0.2) is 6.61 Å². The van der Waals surface area contributed by atoms with E-state index in [2.05, 4.69) is 15.1 Å². The summed E-state index contributed by atoms with van der Waals surface area (Å²) in [6, 6.07) is 12.7. The minimum atomic E-state index is 0.184. The van der Waals surface area contributed by atoms with E-state index in [1.54, 1.807) is 18.3 Å². The second-order valence-corrected chi connectivity index (χ2v) is 4.09. The average molecular weight is 268 g/mol. The summed E-state index contributed by atoms with van der Waals surface area (Å²) in [7, 11) is 0. The number of nitrogens with zero attached hydrogens (tertiary/aromatic N) is 3. The number of hydrogen-bond acceptors (Lipinski definition) is 6. The molecule has 0 atom stereocenters. The Morgan fingerprint density at radius 2 is 2.10 bits per heavy atom. The number of rotatable bonds is 4. The van der Waals surface area contributed by atoms with Crippen LogP contribution >= 0.6 is 0 Å². The lowest BCUT2D eigenvalue weighted by Crippen LogP contribution is -1.96. The van der Waals surface area contributed by atoms with Crippen LogP contribution in [-0.2, 0) is 6.61 Å². The smallest absolute Gasteiger partial charge is 0.264 e. The lowest BCUT2D eigenvalue weighted by molar-refractivity contribution is 0.243. The molecule has 20 heavy (non-hydrogen) atoms. The van der Waals surface area contributed by atoms with Gasteiger partial charge in [-0.1, -0.05) is 17.3 Å². The Morgan fingerprint density at radius 1 is 1.15 bits per heavy atom. The lowest BCUT2D eigenvalue weighted by atomic mass is 10.3. The molecule has 0 fully saturated rings. The van der Waals surface area contributed by atoms with Crippen LogP contribution in [0.15, 0.2) is 53.2 Å². The summed E-state index contributed by atoms with van der Waals surface area (Å²) in [6.07, 6.45) is 1.68. The van der Waals surface area contributed by atoms with Gasteiger partial charge in [0.25, 0.3) is 5.89 Å². The van der Waals surface area contributed by atoms with Gasteiger partial charge in [-0.05, 0) is 24.3 Å². The third kappa shape index (κ3) is 2.74. The van der Waals surface area contributed by atoms with E-state index in [1.165, 1.54) is 0 Å². The monoisotopic (exact) mass is 268 g/mol. The summed E-state index contributed by atoms with van der Waals surface area (Å²) in [6.45, 7) is 0.184. The standard InChI is InChI=1S/C14H12N4O2/c15-10-4-3-5-11(8-10)19-9-13-17-14(18-20-13)12-6-1-2-7-16-12/h1-8H,9,15H2. The molecule has 3 rings (SSSR count). The van der Waals surface area contributed by atoms with Gasteiger partial charge in [-0.25, -0.2) is 0 Å². The Labute approximate surface area is 115 Å². The highest BCUT2D eigenvalue weighted by Gasteiger charge is 2.09. The maximum atomic E-state index is 5.67. The van der Waals surface area contributed by atoms with Crippen molar-refractivity contribution in [1.82, 2.24) is 15.1 Å². The average Bonchev–Trinajstić information content (AvgIpc) is 2.95. The Bertz CT molecular complexity index is 697. The van der Waals surface area contributed by atoms with E-state index < -0.39 is 0 Å². The minimum absolute atomic E-state index is 0.184. The van der Waals surface area contributed by atoms with E-state index in [9.17, 15) is 0 Å². The Kier molecular flexibility index (Phi) is 3.28. The highest BCUT2D eigenvalue weighted by Crippen LogP contribution is 2.17. The normalized spacial score (nSPS) is 10.4. The maximum Gasteiger partial charge on any atom is 0.264 e. The lowest BCUT2D eigenvalue weighted by Gasteiger charge is -2.03. The minimum Gasteiger partial charge on any atom is -0.484 e. The SMILES string of the molecule is Nc1cccc(OCc2nc(-c3ccccn3)no2)c1. The van der Waals surface area contributed by atoms with E-state index in [1.807, 2.05) is 30.3 Å². The van der Waals surface area contributed by atoms with Crippen molar-refractivity contribution >= 4 is 5.69 Å². The molecule has 3 aromatic rings. The van der Waals surface area contributed by atoms with Crippen LogP contribution in [0.4, 0.5) is 5.69 Å². The molecule has 0 amide bonds. The van der Waals surface area contributed by atoms with Crippen molar-refractivity contribution < 1.29 is 9.26 Å². The first kappa shape index (κ1) is 12.2. The fraction of sp³-hybridized carbons (Fsp3) is 0.0714. The summed E-state index contributed by atoms with van der Waals surface area (Å²) in [5.74, 6) is 1.48. The molecule has 6 nitrogen and oxygen atoms in total. The van der Waals surface area contributed by atoms with Gasteiger partial charge < -0.3 is 15.0 Å². The number of ether oxygens (including phenoxy) is 1. The molecular formula is C14H12N4O2. The Hall–Kier alpha value is -2.89. The third-order valence-corrected chi connectivity index (χ3v) is 2.58. The van der Waals surface area contributed by atoms with Crippen LogP contribution in [0, 0.1) is 0 Å². The molecule has 1 aromatic carbocycles. The van der Waals surface area contributed by atoms with Crippen molar-refractivity contribution in [2.75, 3.05) is 5.73 Å². The topological polar surface area (TPSA) is 87.1 Å². The van der Waals surface area contributed by atoms with Crippen LogP contribution in [0.3, 0.4) is 0 Å². The van der Waals surface area contributed by atoms with Gasteiger partial charge in [0.05, 0.1) is 0 Å². The molecule has 0 aliphatic heterocycles. The van der Waals surface area contributed by atoms with Crippen LogP contribution in [0.25, 0.3) is 11.5 Å². The molecule has 0 unspecified atom stereocenters. The molecule has 0 radical (unpaired) electrons. The number of nitrogen functional groups attached to an aromatic ring is 1. The van der Waals surface area contributed by atoms with Crippen LogP contribution in [0.1, 0.15) is 5.89 Å². The molecule has 100 valence electrons. The van der Waals surface area contributed by atoms with Gasteiger partial charge in [0, 0.05) is 18.0 Å². The second kappa shape index (κ2) is 5.40. The zero-order valence-corrected chi connectivity index (χ0v) is 10.6. The summed E-state index contributed by atoms with van der Waals surface area (Å²) in [5, 5.41) is 3.86. The van der Waals surface area contributed by atoms with E-state index in [4.69, 9.17) is 15.0 Å². The quantitative estimate of drug-likeness (QED) is 0.730. The predicted octanol–water partition coefficient (Wildman–Crippen LogP) is 2.29. The fourth-order valence-electron chi connectivity index (χ4n) is 1.66. The molecule has 2 N–H and O–H groups in total. The van der Waals surface area contributed by atoms with Crippen molar-refractivity contribution in [2.24, 2.45) is 0 Å². The zero-order valence-electron chi connectivity index (χ0n) is 10.6. The summed E-state index contributed by atoms with van der Waals surface area (Å²) < 4.78 is 10.6. The van der Waals surface area contributed by atoms with Crippen LogP contribution in [-0.4, -0.2) is 15.1 Å². The number of benzene rings is 1. The van der Waals surface area contributed by atoms with Crippen molar-refractivity contribution in [3.63, 3.8) is 0 Å². The Balaban J connectivity index is 1.69. The van der Waals surface area contributed by atoms with Gasteiger partial charge in [0.1, 0.15) is 11.4 Å². The molecule has 6 heteroatoms. The van der Waals surface area contributed by atoms with Crippen molar-refractivity contribution in [3.05, 3.63) is 54.6 Å². The fourth-order valence-corrected chi connectivity index (χ4v) is 1.66. The van der Waals surface area contributed by atoms with Crippen LogP contribution in [0.2, 0.25) is 0 Å². The molecule has 2 aromatic heterocycles. The third-order valence-electron chi connectivity index (χ3n) is 2.58. The molecule has 2 heterocycles. The van der Waals surface area contributed by atoms with Crippen LogP contribution in [0.5, 0.6) is 5.75 Å².